The van der Waals surface area contributed by atoms with Gasteiger partial charge in [-0.2, -0.15) is 0 Å². The number of amides is 1. The predicted octanol–water partition coefficient (Wildman–Crippen LogP) is 1.69. The van der Waals surface area contributed by atoms with Gasteiger partial charge in [0.1, 0.15) is 0 Å². The molecule has 3 aliphatic rings. The topological polar surface area (TPSA) is 41.6 Å². The summed E-state index contributed by atoms with van der Waals surface area (Å²) >= 11 is 0. The number of piperidine rings is 1. The van der Waals surface area contributed by atoms with Crippen molar-refractivity contribution in [2.24, 2.45) is 0 Å². The molecule has 0 saturated carbocycles. The van der Waals surface area contributed by atoms with E-state index in [2.05, 4.69) is 5.32 Å². The number of hydrogen-bond donors (Lipinski definition) is 1. The molecule has 3 unspecified atom stereocenters. The van der Waals surface area contributed by atoms with Gasteiger partial charge in [0.05, 0.1) is 6.10 Å². The number of fused-ring (bicyclic) bond motifs is 2. The quantitative estimate of drug-likeness (QED) is 0.842. The summed E-state index contributed by atoms with van der Waals surface area (Å²) < 4.78 is 5.59. The SMILES string of the molecule is CN(C(=O)CCC1CCCO1)C1CC2CCC(C1)N2. The molecule has 0 aliphatic carbocycles. The highest BCUT2D eigenvalue weighted by Gasteiger charge is 2.36. The molecule has 3 heterocycles. The van der Waals surface area contributed by atoms with Crippen LogP contribution in [0.2, 0.25) is 0 Å². The van der Waals surface area contributed by atoms with Crippen LogP contribution in [0, 0.1) is 0 Å². The minimum atomic E-state index is 0.307. The molecular weight excluding hydrogens is 240 g/mol. The van der Waals surface area contributed by atoms with Gasteiger partial charge in [-0.15, -0.1) is 0 Å². The number of ether oxygens (including phenoxy) is 1. The Balaban J connectivity index is 1.46. The van der Waals surface area contributed by atoms with Gasteiger partial charge < -0.3 is 15.0 Å². The van der Waals surface area contributed by atoms with Crippen molar-refractivity contribution >= 4 is 5.91 Å². The highest BCUT2D eigenvalue weighted by atomic mass is 16.5. The monoisotopic (exact) mass is 266 g/mol. The first-order valence-corrected chi connectivity index (χ1v) is 7.85. The van der Waals surface area contributed by atoms with Crippen molar-refractivity contribution in [1.29, 1.82) is 0 Å². The Morgan fingerprint density at radius 3 is 2.63 bits per heavy atom. The van der Waals surface area contributed by atoms with E-state index in [9.17, 15) is 4.79 Å². The molecule has 0 radical (unpaired) electrons. The zero-order valence-electron chi connectivity index (χ0n) is 11.9. The summed E-state index contributed by atoms with van der Waals surface area (Å²) in [7, 11) is 1.99. The third kappa shape index (κ3) is 3.11. The average Bonchev–Trinajstić information content (AvgIpc) is 3.05. The number of rotatable bonds is 4. The van der Waals surface area contributed by atoms with E-state index in [0.29, 0.717) is 36.6 Å². The highest BCUT2D eigenvalue weighted by Crippen LogP contribution is 2.29. The summed E-state index contributed by atoms with van der Waals surface area (Å²) in [5.41, 5.74) is 0. The molecule has 4 heteroatoms. The standard InChI is InChI=1S/C15H26N2O2/c1-17(13-9-11-4-5-12(10-13)16-11)15(18)7-6-14-3-2-8-19-14/h11-14,16H,2-10H2,1H3. The van der Waals surface area contributed by atoms with Crippen molar-refractivity contribution < 1.29 is 9.53 Å². The Labute approximate surface area is 115 Å². The first-order valence-electron chi connectivity index (χ1n) is 7.85. The van der Waals surface area contributed by atoms with Crippen LogP contribution in [0.5, 0.6) is 0 Å². The Bertz CT molecular complexity index is 316. The Kier molecular flexibility index (Phi) is 4.08. The number of carbonyl (C=O) groups excluding carboxylic acids is 1. The third-order valence-electron chi connectivity index (χ3n) is 5.09. The maximum absolute atomic E-state index is 12.3. The Morgan fingerprint density at radius 1 is 1.26 bits per heavy atom. The van der Waals surface area contributed by atoms with E-state index in [4.69, 9.17) is 4.74 Å². The van der Waals surface area contributed by atoms with E-state index >= 15 is 0 Å². The fraction of sp³-hybridized carbons (Fsp3) is 0.933. The second kappa shape index (κ2) is 5.80. The highest BCUT2D eigenvalue weighted by molar-refractivity contribution is 5.76. The van der Waals surface area contributed by atoms with Crippen molar-refractivity contribution in [2.45, 2.75) is 75.6 Å². The van der Waals surface area contributed by atoms with Gasteiger partial charge in [0.25, 0.3) is 0 Å². The normalized spacial score (nSPS) is 37.5. The molecule has 0 aromatic rings. The predicted molar refractivity (Wildman–Crippen MR) is 73.9 cm³/mol. The van der Waals surface area contributed by atoms with Crippen molar-refractivity contribution in [3.8, 4) is 0 Å². The summed E-state index contributed by atoms with van der Waals surface area (Å²) in [5, 5.41) is 3.63. The lowest BCUT2D eigenvalue weighted by Gasteiger charge is -2.35. The second-order valence-electron chi connectivity index (χ2n) is 6.44. The molecule has 0 aromatic carbocycles. The fourth-order valence-corrected chi connectivity index (χ4v) is 3.88. The molecule has 3 fully saturated rings. The van der Waals surface area contributed by atoms with Gasteiger partial charge >= 0.3 is 0 Å². The molecule has 0 aromatic heterocycles. The van der Waals surface area contributed by atoms with Crippen LogP contribution >= 0.6 is 0 Å². The van der Waals surface area contributed by atoms with Crippen LogP contribution < -0.4 is 5.32 Å². The van der Waals surface area contributed by atoms with E-state index < -0.39 is 0 Å². The van der Waals surface area contributed by atoms with Gasteiger partial charge in [0.15, 0.2) is 0 Å². The maximum Gasteiger partial charge on any atom is 0.222 e. The molecule has 4 nitrogen and oxygen atoms in total. The molecule has 108 valence electrons. The van der Waals surface area contributed by atoms with Crippen molar-refractivity contribution in [3.63, 3.8) is 0 Å². The van der Waals surface area contributed by atoms with Crippen molar-refractivity contribution in [3.05, 3.63) is 0 Å². The summed E-state index contributed by atoms with van der Waals surface area (Å²) in [4.78, 5) is 14.3. The lowest BCUT2D eigenvalue weighted by Crippen LogP contribution is -2.48. The number of hydrogen-bond acceptors (Lipinski definition) is 3. The van der Waals surface area contributed by atoms with Crippen LogP contribution in [-0.4, -0.2) is 48.7 Å². The minimum absolute atomic E-state index is 0.307. The minimum Gasteiger partial charge on any atom is -0.378 e. The number of nitrogens with one attached hydrogen (secondary N) is 1. The molecule has 2 bridgehead atoms. The van der Waals surface area contributed by atoms with Gasteiger partial charge in [0, 0.05) is 38.2 Å². The van der Waals surface area contributed by atoms with Crippen LogP contribution in [0.25, 0.3) is 0 Å². The third-order valence-corrected chi connectivity index (χ3v) is 5.09. The maximum atomic E-state index is 12.3. The molecular formula is C15H26N2O2. The van der Waals surface area contributed by atoms with E-state index in [1.165, 1.54) is 12.8 Å². The molecule has 0 spiro atoms. The first kappa shape index (κ1) is 13.4. The van der Waals surface area contributed by atoms with E-state index in [1.54, 1.807) is 0 Å². The molecule has 1 amide bonds. The molecule has 3 atom stereocenters. The second-order valence-corrected chi connectivity index (χ2v) is 6.44. The smallest absolute Gasteiger partial charge is 0.222 e. The van der Waals surface area contributed by atoms with Gasteiger partial charge in [0.2, 0.25) is 5.91 Å². The zero-order chi connectivity index (χ0) is 13.2. The van der Waals surface area contributed by atoms with E-state index in [0.717, 1.165) is 38.7 Å². The first-order chi connectivity index (χ1) is 9.22. The average molecular weight is 266 g/mol. The van der Waals surface area contributed by atoms with Crippen LogP contribution in [-0.2, 0) is 9.53 Å². The summed E-state index contributed by atoms with van der Waals surface area (Å²) in [6.07, 6.45) is 9.04. The van der Waals surface area contributed by atoms with E-state index in [1.807, 2.05) is 11.9 Å². The van der Waals surface area contributed by atoms with Crippen LogP contribution in [0.3, 0.4) is 0 Å². The van der Waals surface area contributed by atoms with Crippen molar-refractivity contribution in [1.82, 2.24) is 10.2 Å². The molecule has 3 rings (SSSR count). The van der Waals surface area contributed by atoms with Crippen LogP contribution in [0.4, 0.5) is 0 Å². The van der Waals surface area contributed by atoms with E-state index in [-0.39, 0.29) is 0 Å². The fourth-order valence-electron chi connectivity index (χ4n) is 3.88. The summed E-state index contributed by atoms with van der Waals surface area (Å²) in [6.45, 7) is 0.881. The zero-order valence-corrected chi connectivity index (χ0v) is 11.9. The molecule has 19 heavy (non-hydrogen) atoms. The number of carbonyl (C=O) groups is 1. The summed E-state index contributed by atoms with van der Waals surface area (Å²) in [6, 6.07) is 1.75. The summed E-state index contributed by atoms with van der Waals surface area (Å²) in [5.74, 6) is 0.307. The van der Waals surface area contributed by atoms with Gasteiger partial charge in [-0.05, 0) is 44.9 Å². The molecule has 3 aliphatic heterocycles. The molecule has 3 saturated heterocycles. The molecule has 1 N–H and O–H groups in total. The Morgan fingerprint density at radius 2 is 2.00 bits per heavy atom. The van der Waals surface area contributed by atoms with Gasteiger partial charge in [-0.1, -0.05) is 0 Å². The van der Waals surface area contributed by atoms with Gasteiger partial charge in [-0.25, -0.2) is 0 Å². The van der Waals surface area contributed by atoms with Crippen LogP contribution in [0.15, 0.2) is 0 Å². The lowest BCUT2D eigenvalue weighted by molar-refractivity contribution is -0.133. The van der Waals surface area contributed by atoms with Gasteiger partial charge in [-0.3, -0.25) is 4.79 Å². The van der Waals surface area contributed by atoms with Crippen LogP contribution in [0.1, 0.15) is 51.4 Å². The lowest BCUT2D eigenvalue weighted by atomic mass is 9.98. The Hall–Kier alpha value is -0.610. The largest absolute Gasteiger partial charge is 0.378 e. The van der Waals surface area contributed by atoms with Crippen molar-refractivity contribution in [2.75, 3.05) is 13.7 Å². The number of nitrogens with zero attached hydrogens (tertiary/aromatic N) is 1.